The summed E-state index contributed by atoms with van der Waals surface area (Å²) < 4.78 is 16.9. The molecule has 0 N–H and O–H groups in total. The van der Waals surface area contributed by atoms with Crippen molar-refractivity contribution in [2.75, 3.05) is 46.1 Å². The number of ether oxygens (including phenoxy) is 3. The normalized spacial score (nSPS) is 19.7. The number of fused-ring (bicyclic) bond motifs is 2. The summed E-state index contributed by atoms with van der Waals surface area (Å²) in [7, 11) is 0. The second-order valence-electron chi connectivity index (χ2n) is 9.19. The summed E-state index contributed by atoms with van der Waals surface area (Å²) in [4.78, 5) is 17.7. The van der Waals surface area contributed by atoms with E-state index in [1.807, 2.05) is 29.2 Å². The van der Waals surface area contributed by atoms with E-state index in [-0.39, 0.29) is 25.1 Å². The Morgan fingerprint density at radius 1 is 1.12 bits per heavy atom. The van der Waals surface area contributed by atoms with Crippen molar-refractivity contribution in [3.63, 3.8) is 0 Å². The average Bonchev–Trinajstić information content (AvgIpc) is 3.26. The van der Waals surface area contributed by atoms with Gasteiger partial charge in [-0.15, -0.1) is 12.4 Å². The minimum absolute atomic E-state index is 0. The van der Waals surface area contributed by atoms with E-state index in [0.717, 1.165) is 74.8 Å². The zero-order chi connectivity index (χ0) is 21.9. The number of benzene rings is 2. The fourth-order valence-corrected chi connectivity index (χ4v) is 5.09. The largest absolute Gasteiger partial charge is 0.494 e. The lowest BCUT2D eigenvalue weighted by Crippen LogP contribution is -2.45. The third-order valence-corrected chi connectivity index (χ3v) is 6.73. The predicted octanol–water partition coefficient (Wildman–Crippen LogP) is 4.32. The van der Waals surface area contributed by atoms with Gasteiger partial charge in [-0.05, 0) is 80.5 Å². The highest BCUT2D eigenvalue weighted by molar-refractivity contribution is 5.97. The molecule has 0 bridgehead atoms. The molecule has 0 radical (unpaired) electrons. The first-order chi connectivity index (χ1) is 15.7. The van der Waals surface area contributed by atoms with Crippen LogP contribution in [0.3, 0.4) is 0 Å². The third-order valence-electron chi connectivity index (χ3n) is 6.73. The minimum Gasteiger partial charge on any atom is -0.494 e. The Hall–Kier alpha value is -2.44. The first kappa shape index (κ1) is 23.7. The fraction of sp³-hybridized carbons (Fsp3) is 0.500. The molecule has 3 aliphatic rings. The number of rotatable bonds is 7. The van der Waals surface area contributed by atoms with Crippen LogP contribution in [0.4, 0.5) is 0 Å². The SMILES string of the molecule is Cc1cccc(OCCCN2CCCC(CN3CCc4cc5c(cc4C3=O)OCO5)C2)c1.Cl. The highest BCUT2D eigenvalue weighted by atomic mass is 35.5. The Kier molecular flexibility index (Phi) is 7.66. The van der Waals surface area contributed by atoms with Gasteiger partial charge in [0, 0.05) is 31.7 Å². The zero-order valence-corrected chi connectivity index (χ0v) is 20.1. The molecule has 33 heavy (non-hydrogen) atoms. The summed E-state index contributed by atoms with van der Waals surface area (Å²) in [6.45, 7) is 7.93. The van der Waals surface area contributed by atoms with Gasteiger partial charge in [-0.1, -0.05) is 12.1 Å². The highest BCUT2D eigenvalue weighted by Gasteiger charge is 2.30. The van der Waals surface area contributed by atoms with E-state index in [0.29, 0.717) is 11.7 Å². The van der Waals surface area contributed by atoms with Gasteiger partial charge in [0.25, 0.3) is 5.91 Å². The van der Waals surface area contributed by atoms with Crippen molar-refractivity contribution in [2.45, 2.75) is 32.6 Å². The topological polar surface area (TPSA) is 51.2 Å². The summed E-state index contributed by atoms with van der Waals surface area (Å²) in [5.74, 6) is 3.07. The molecule has 1 atom stereocenters. The Bertz CT molecular complexity index is 983. The van der Waals surface area contributed by atoms with E-state index in [2.05, 4.69) is 24.0 Å². The molecule has 1 fully saturated rings. The molecule has 0 spiro atoms. The zero-order valence-electron chi connectivity index (χ0n) is 19.3. The van der Waals surface area contributed by atoms with Crippen molar-refractivity contribution in [1.82, 2.24) is 9.80 Å². The number of nitrogens with zero attached hydrogens (tertiary/aromatic N) is 2. The van der Waals surface area contributed by atoms with Gasteiger partial charge in [0.15, 0.2) is 11.5 Å². The van der Waals surface area contributed by atoms with Crippen molar-refractivity contribution in [3.05, 3.63) is 53.1 Å². The number of aryl methyl sites for hydroxylation is 1. The number of likely N-dealkylation sites (tertiary alicyclic amines) is 1. The highest BCUT2D eigenvalue weighted by Crippen LogP contribution is 2.37. The number of hydrogen-bond acceptors (Lipinski definition) is 5. The molecule has 1 saturated heterocycles. The molecular weight excluding hydrogens is 440 g/mol. The minimum atomic E-state index is 0. The third kappa shape index (κ3) is 5.56. The molecule has 3 heterocycles. The summed E-state index contributed by atoms with van der Waals surface area (Å²) in [5.41, 5.74) is 3.08. The smallest absolute Gasteiger partial charge is 0.254 e. The second kappa shape index (κ2) is 10.7. The van der Waals surface area contributed by atoms with Gasteiger partial charge in [0.05, 0.1) is 6.61 Å². The van der Waals surface area contributed by atoms with Gasteiger partial charge >= 0.3 is 0 Å². The fourth-order valence-electron chi connectivity index (χ4n) is 5.09. The molecule has 5 rings (SSSR count). The second-order valence-corrected chi connectivity index (χ2v) is 9.19. The van der Waals surface area contributed by atoms with Crippen LogP contribution >= 0.6 is 12.4 Å². The van der Waals surface area contributed by atoms with Gasteiger partial charge in [0.1, 0.15) is 5.75 Å². The number of piperidine rings is 1. The molecule has 6 nitrogen and oxygen atoms in total. The quantitative estimate of drug-likeness (QED) is 0.561. The Morgan fingerprint density at radius 2 is 1.97 bits per heavy atom. The van der Waals surface area contributed by atoms with Crippen molar-refractivity contribution in [2.24, 2.45) is 5.92 Å². The van der Waals surface area contributed by atoms with Crippen molar-refractivity contribution in [3.8, 4) is 17.2 Å². The number of hydrogen-bond donors (Lipinski definition) is 0. The molecule has 1 unspecified atom stereocenters. The molecule has 0 aromatic heterocycles. The molecule has 2 aromatic carbocycles. The van der Waals surface area contributed by atoms with Crippen molar-refractivity contribution < 1.29 is 19.0 Å². The first-order valence-corrected chi connectivity index (χ1v) is 11.8. The van der Waals surface area contributed by atoms with Crippen LogP contribution in [0.25, 0.3) is 0 Å². The van der Waals surface area contributed by atoms with Crippen LogP contribution in [0, 0.1) is 12.8 Å². The Labute approximate surface area is 202 Å². The van der Waals surface area contributed by atoms with E-state index in [1.165, 1.54) is 18.4 Å². The summed E-state index contributed by atoms with van der Waals surface area (Å²) >= 11 is 0. The van der Waals surface area contributed by atoms with Crippen LogP contribution in [-0.2, 0) is 6.42 Å². The van der Waals surface area contributed by atoms with E-state index in [1.54, 1.807) is 0 Å². The van der Waals surface area contributed by atoms with Crippen LogP contribution in [0.15, 0.2) is 36.4 Å². The number of amides is 1. The van der Waals surface area contributed by atoms with Gasteiger partial charge < -0.3 is 24.0 Å². The molecule has 1 amide bonds. The maximum atomic E-state index is 13.1. The Balaban J connectivity index is 0.00000259. The molecule has 3 aliphatic heterocycles. The maximum Gasteiger partial charge on any atom is 0.254 e. The first-order valence-electron chi connectivity index (χ1n) is 11.8. The van der Waals surface area contributed by atoms with Gasteiger partial charge in [-0.2, -0.15) is 0 Å². The van der Waals surface area contributed by atoms with Gasteiger partial charge in [-0.3, -0.25) is 4.79 Å². The molecule has 7 heteroatoms. The van der Waals surface area contributed by atoms with Crippen LogP contribution in [0.1, 0.15) is 40.7 Å². The van der Waals surface area contributed by atoms with Crippen molar-refractivity contribution >= 4 is 18.3 Å². The predicted molar refractivity (Wildman–Crippen MR) is 130 cm³/mol. The van der Waals surface area contributed by atoms with Gasteiger partial charge in [0.2, 0.25) is 6.79 Å². The van der Waals surface area contributed by atoms with E-state index in [9.17, 15) is 4.79 Å². The van der Waals surface area contributed by atoms with E-state index in [4.69, 9.17) is 14.2 Å². The lowest BCUT2D eigenvalue weighted by atomic mass is 9.94. The number of carbonyl (C=O) groups excluding carboxylic acids is 1. The molecule has 178 valence electrons. The van der Waals surface area contributed by atoms with Crippen LogP contribution in [0.2, 0.25) is 0 Å². The van der Waals surface area contributed by atoms with Crippen LogP contribution < -0.4 is 14.2 Å². The number of carbonyl (C=O) groups is 1. The summed E-state index contributed by atoms with van der Waals surface area (Å²) in [6.07, 6.45) is 4.28. The van der Waals surface area contributed by atoms with E-state index < -0.39 is 0 Å². The van der Waals surface area contributed by atoms with Gasteiger partial charge in [-0.25, -0.2) is 0 Å². The molecule has 2 aromatic rings. The lowest BCUT2D eigenvalue weighted by Gasteiger charge is -2.37. The number of halogens is 1. The summed E-state index contributed by atoms with van der Waals surface area (Å²) in [6, 6.07) is 12.1. The molecular formula is C26H33ClN2O4. The monoisotopic (exact) mass is 472 g/mol. The average molecular weight is 473 g/mol. The summed E-state index contributed by atoms with van der Waals surface area (Å²) in [5, 5.41) is 0. The van der Waals surface area contributed by atoms with Crippen LogP contribution in [-0.4, -0.2) is 61.8 Å². The van der Waals surface area contributed by atoms with Crippen molar-refractivity contribution in [1.29, 1.82) is 0 Å². The van der Waals surface area contributed by atoms with E-state index >= 15 is 0 Å². The molecule has 0 aliphatic carbocycles. The van der Waals surface area contributed by atoms with Crippen LogP contribution in [0.5, 0.6) is 17.2 Å². The Morgan fingerprint density at radius 3 is 2.82 bits per heavy atom. The standard InChI is InChI=1S/C26H32N2O4.ClH/c1-19-5-2-7-22(13-19)30-12-4-10-27-9-3-6-20(16-27)17-28-11-8-21-14-24-25(32-18-31-24)15-23(21)26(28)29;/h2,5,7,13-15,20H,3-4,6,8-12,16-18H2,1H3;1H. The molecule has 0 saturated carbocycles. The lowest BCUT2D eigenvalue weighted by molar-refractivity contribution is 0.0658. The maximum absolute atomic E-state index is 13.1.